The number of carboxylic acid groups (broad SMARTS) is 1. The van der Waals surface area contributed by atoms with Gasteiger partial charge in [-0.3, -0.25) is 0 Å². The summed E-state index contributed by atoms with van der Waals surface area (Å²) in [5, 5.41) is 10.3. The Bertz CT molecular complexity index is 388. The smallest absolute Gasteiger partial charge is 0.336 e. The summed E-state index contributed by atoms with van der Waals surface area (Å²) < 4.78 is 0. The molecule has 0 atom stereocenters. The van der Waals surface area contributed by atoms with Crippen molar-refractivity contribution in [3.8, 4) is 0 Å². The van der Waals surface area contributed by atoms with Gasteiger partial charge in [0.2, 0.25) is 0 Å². The Kier molecular flexibility index (Phi) is 4.85. The van der Waals surface area contributed by atoms with Crippen molar-refractivity contribution in [1.82, 2.24) is 0 Å². The molecule has 4 heteroatoms. The molecule has 0 amide bonds. The minimum atomic E-state index is -0.940. The number of allylic oxidation sites excluding steroid dienone is 1. The molecule has 2 nitrogen and oxygen atoms in total. The number of halogens is 2. The Labute approximate surface area is 102 Å². The van der Waals surface area contributed by atoms with Crippen LogP contribution in [-0.2, 0) is 0 Å². The van der Waals surface area contributed by atoms with Crippen molar-refractivity contribution in [1.29, 1.82) is 0 Å². The number of alkyl halides is 1. The predicted molar refractivity (Wildman–Crippen MR) is 65.9 cm³/mol. The van der Waals surface area contributed by atoms with Gasteiger partial charge in [0.05, 0.1) is 5.56 Å². The van der Waals surface area contributed by atoms with Gasteiger partial charge in [-0.2, -0.15) is 0 Å². The van der Waals surface area contributed by atoms with Crippen LogP contribution in [0.25, 0.3) is 6.08 Å². The van der Waals surface area contributed by atoms with Crippen molar-refractivity contribution in [3.05, 3.63) is 40.4 Å². The van der Waals surface area contributed by atoms with Crippen molar-refractivity contribution in [2.75, 3.05) is 5.33 Å². The topological polar surface area (TPSA) is 37.3 Å². The summed E-state index contributed by atoms with van der Waals surface area (Å²) in [5.74, 6) is -0.940. The van der Waals surface area contributed by atoms with Crippen molar-refractivity contribution in [2.45, 2.75) is 6.42 Å². The SMILES string of the molecule is O=C(O)c1ccc(Cl)cc1C=CCCBr. The molecule has 80 valence electrons. The number of aromatic carboxylic acids is 1. The summed E-state index contributed by atoms with van der Waals surface area (Å²) in [6.45, 7) is 0. The fourth-order valence-corrected chi connectivity index (χ4v) is 1.58. The minimum Gasteiger partial charge on any atom is -0.478 e. The zero-order chi connectivity index (χ0) is 11.3. The minimum absolute atomic E-state index is 0.269. The fraction of sp³-hybridized carbons (Fsp3) is 0.182. The van der Waals surface area contributed by atoms with Gasteiger partial charge in [0, 0.05) is 10.4 Å². The van der Waals surface area contributed by atoms with Crippen LogP contribution in [0.1, 0.15) is 22.3 Å². The van der Waals surface area contributed by atoms with Gasteiger partial charge in [-0.1, -0.05) is 39.7 Å². The highest BCUT2D eigenvalue weighted by atomic mass is 79.9. The molecule has 0 aliphatic carbocycles. The molecule has 0 bridgehead atoms. The molecule has 0 aliphatic rings. The van der Waals surface area contributed by atoms with Crippen molar-refractivity contribution >= 4 is 39.6 Å². The van der Waals surface area contributed by atoms with Gasteiger partial charge in [0.15, 0.2) is 0 Å². The number of hydrogen-bond acceptors (Lipinski definition) is 1. The van der Waals surface area contributed by atoms with Gasteiger partial charge in [-0.05, 0) is 30.2 Å². The van der Waals surface area contributed by atoms with E-state index in [9.17, 15) is 4.79 Å². The van der Waals surface area contributed by atoms with E-state index in [1.54, 1.807) is 18.2 Å². The number of rotatable bonds is 4. The van der Waals surface area contributed by atoms with E-state index in [2.05, 4.69) is 15.9 Å². The maximum atomic E-state index is 10.9. The molecule has 1 N–H and O–H groups in total. The Morgan fingerprint density at radius 2 is 2.27 bits per heavy atom. The molecular weight excluding hydrogens is 279 g/mol. The zero-order valence-corrected chi connectivity index (χ0v) is 10.3. The van der Waals surface area contributed by atoms with Gasteiger partial charge in [0.25, 0.3) is 0 Å². The Morgan fingerprint density at radius 3 is 2.87 bits per heavy atom. The zero-order valence-electron chi connectivity index (χ0n) is 7.91. The Balaban J connectivity index is 3.02. The quantitative estimate of drug-likeness (QED) is 0.855. The second-order valence-corrected chi connectivity index (χ2v) is 4.15. The number of hydrogen-bond donors (Lipinski definition) is 1. The average Bonchev–Trinajstić information content (AvgIpc) is 2.18. The lowest BCUT2D eigenvalue weighted by Crippen LogP contribution is -1.98. The molecule has 0 saturated heterocycles. The number of carboxylic acids is 1. The highest BCUT2D eigenvalue weighted by molar-refractivity contribution is 9.09. The largest absolute Gasteiger partial charge is 0.478 e. The van der Waals surface area contributed by atoms with Crippen molar-refractivity contribution in [2.24, 2.45) is 0 Å². The van der Waals surface area contributed by atoms with Crippen LogP contribution in [0.4, 0.5) is 0 Å². The van der Waals surface area contributed by atoms with Crippen LogP contribution < -0.4 is 0 Å². The summed E-state index contributed by atoms with van der Waals surface area (Å²) in [4.78, 5) is 10.9. The maximum absolute atomic E-state index is 10.9. The molecule has 0 radical (unpaired) electrons. The van der Waals surface area contributed by atoms with Gasteiger partial charge >= 0.3 is 5.97 Å². The molecule has 0 saturated carbocycles. The Morgan fingerprint density at radius 1 is 1.53 bits per heavy atom. The van der Waals surface area contributed by atoms with Crippen LogP contribution in [-0.4, -0.2) is 16.4 Å². The van der Waals surface area contributed by atoms with Crippen molar-refractivity contribution < 1.29 is 9.90 Å². The van der Waals surface area contributed by atoms with Crippen LogP contribution in [0.3, 0.4) is 0 Å². The van der Waals surface area contributed by atoms with E-state index in [1.807, 2.05) is 6.08 Å². The first-order valence-corrected chi connectivity index (χ1v) is 5.90. The molecule has 0 fully saturated rings. The van der Waals surface area contributed by atoms with Gasteiger partial charge < -0.3 is 5.11 Å². The van der Waals surface area contributed by atoms with E-state index in [0.29, 0.717) is 10.6 Å². The third-order valence-corrected chi connectivity index (χ3v) is 2.51. The first-order valence-electron chi connectivity index (χ1n) is 4.40. The van der Waals surface area contributed by atoms with Gasteiger partial charge in [-0.15, -0.1) is 0 Å². The van der Waals surface area contributed by atoms with Gasteiger partial charge in [-0.25, -0.2) is 4.79 Å². The molecule has 0 spiro atoms. The summed E-state index contributed by atoms with van der Waals surface area (Å²) >= 11 is 9.09. The molecule has 15 heavy (non-hydrogen) atoms. The second-order valence-electron chi connectivity index (χ2n) is 2.92. The predicted octanol–water partition coefficient (Wildman–Crippen LogP) is 3.84. The number of carbonyl (C=O) groups is 1. The fourth-order valence-electron chi connectivity index (χ4n) is 1.14. The third-order valence-electron chi connectivity index (χ3n) is 1.82. The van der Waals surface area contributed by atoms with E-state index >= 15 is 0 Å². The lowest BCUT2D eigenvalue weighted by atomic mass is 10.1. The van der Waals surface area contributed by atoms with E-state index in [-0.39, 0.29) is 5.56 Å². The lowest BCUT2D eigenvalue weighted by molar-refractivity contribution is 0.0696. The van der Waals surface area contributed by atoms with Crippen LogP contribution in [0.5, 0.6) is 0 Å². The second kappa shape index (κ2) is 5.93. The summed E-state index contributed by atoms with van der Waals surface area (Å²) in [7, 11) is 0. The van der Waals surface area contributed by atoms with Gasteiger partial charge in [0.1, 0.15) is 0 Å². The molecule has 0 aromatic heterocycles. The normalized spacial score (nSPS) is 10.8. The Hall–Kier alpha value is -0.800. The summed E-state index contributed by atoms with van der Waals surface area (Å²) in [6, 6.07) is 4.74. The first kappa shape index (κ1) is 12.3. The molecule has 1 aromatic rings. The van der Waals surface area contributed by atoms with Crippen LogP contribution in [0, 0.1) is 0 Å². The van der Waals surface area contributed by atoms with Crippen LogP contribution in [0.2, 0.25) is 5.02 Å². The standard InChI is InChI=1S/C11H10BrClO2/c12-6-2-1-3-8-7-9(13)4-5-10(8)11(14)15/h1,3-5,7H,2,6H2,(H,14,15). The molecule has 1 rings (SSSR count). The molecule has 0 heterocycles. The summed E-state index contributed by atoms with van der Waals surface area (Å²) in [6.07, 6.45) is 4.54. The summed E-state index contributed by atoms with van der Waals surface area (Å²) in [5.41, 5.74) is 0.904. The van der Waals surface area contributed by atoms with Crippen LogP contribution in [0.15, 0.2) is 24.3 Å². The van der Waals surface area contributed by atoms with E-state index in [4.69, 9.17) is 16.7 Å². The molecule has 0 unspecified atom stereocenters. The molecule has 1 aromatic carbocycles. The highest BCUT2D eigenvalue weighted by Gasteiger charge is 2.07. The van der Waals surface area contributed by atoms with E-state index in [0.717, 1.165) is 11.8 Å². The van der Waals surface area contributed by atoms with Crippen molar-refractivity contribution in [3.63, 3.8) is 0 Å². The first-order chi connectivity index (χ1) is 7.15. The van der Waals surface area contributed by atoms with E-state index < -0.39 is 5.97 Å². The molecule has 0 aliphatic heterocycles. The monoisotopic (exact) mass is 288 g/mol. The lowest BCUT2D eigenvalue weighted by Gasteiger charge is -2.01. The van der Waals surface area contributed by atoms with E-state index in [1.165, 1.54) is 6.07 Å². The maximum Gasteiger partial charge on any atom is 0.336 e. The third kappa shape index (κ3) is 3.68. The van der Waals surface area contributed by atoms with Crippen LogP contribution >= 0.6 is 27.5 Å². The molecular formula is C11H10BrClO2. The highest BCUT2D eigenvalue weighted by Crippen LogP contribution is 2.18. The average molecular weight is 290 g/mol. The number of benzene rings is 1.